The molecule has 9 nitrogen and oxygen atoms in total. The molecule has 0 amide bonds. The first kappa shape index (κ1) is 15.4. The molecule has 1 aromatic heterocycles. The summed E-state index contributed by atoms with van der Waals surface area (Å²) < 4.78 is 23.8. The maximum Gasteiger partial charge on any atom is 0.330 e. The van der Waals surface area contributed by atoms with Gasteiger partial charge in [-0.05, 0) is 13.8 Å². The fraction of sp³-hybridized carbons (Fsp3) is 0.692. The average molecular weight is 314 g/mol. The number of fused-ring (bicyclic) bond motifs is 1. The van der Waals surface area contributed by atoms with Crippen LogP contribution in [0.25, 0.3) is 0 Å². The molecule has 1 aromatic rings. The van der Waals surface area contributed by atoms with Crippen molar-refractivity contribution in [2.24, 2.45) is 0 Å². The molecule has 22 heavy (non-hydrogen) atoms. The first-order valence-electron chi connectivity index (χ1n) is 6.83. The Balaban J connectivity index is 2.05. The standard InChI is InChI=1S/C13H18N2O7/c1-12(2)20-8-9(21-12)13(6-16,19-3)22-10(8)15-5-4-7(17)14-11(15)18/h4-5,8-10,16H,6H2,1-3H3,(H,14,17,18)/t8-,9+,10-,13+/m1/s1. The van der Waals surface area contributed by atoms with Crippen LogP contribution >= 0.6 is 0 Å². The molecule has 0 aromatic carbocycles. The molecule has 0 radical (unpaired) electrons. The number of methoxy groups -OCH3 is 1. The number of aliphatic hydroxyl groups excluding tert-OH is 1. The van der Waals surface area contributed by atoms with Crippen LogP contribution in [0.5, 0.6) is 0 Å². The first-order valence-corrected chi connectivity index (χ1v) is 6.83. The fourth-order valence-electron chi connectivity index (χ4n) is 2.88. The lowest BCUT2D eigenvalue weighted by molar-refractivity contribution is -0.304. The van der Waals surface area contributed by atoms with Gasteiger partial charge in [0.2, 0.25) is 5.79 Å². The minimum absolute atomic E-state index is 0.474. The van der Waals surface area contributed by atoms with Crippen LogP contribution in [0.2, 0.25) is 0 Å². The highest BCUT2D eigenvalue weighted by Crippen LogP contribution is 2.47. The van der Waals surface area contributed by atoms with Crippen molar-refractivity contribution in [3.05, 3.63) is 33.1 Å². The monoisotopic (exact) mass is 314 g/mol. The SMILES string of the molecule is CO[C@@]1(CO)O[C@@H](n2ccc(=O)[nH]c2=O)[C@@H]2OC(C)(C)O[C@@H]21. The van der Waals surface area contributed by atoms with E-state index in [4.69, 9.17) is 18.9 Å². The predicted octanol–water partition coefficient (Wildman–Crippen LogP) is -1.08. The summed E-state index contributed by atoms with van der Waals surface area (Å²) in [6, 6.07) is 1.20. The van der Waals surface area contributed by atoms with Gasteiger partial charge in [-0.2, -0.15) is 0 Å². The second kappa shape index (κ2) is 5.00. The van der Waals surface area contributed by atoms with Gasteiger partial charge in [0.1, 0.15) is 18.8 Å². The Bertz CT molecular complexity index is 675. The number of rotatable bonds is 3. The molecule has 3 rings (SSSR count). The van der Waals surface area contributed by atoms with Gasteiger partial charge in [-0.3, -0.25) is 14.3 Å². The van der Waals surface area contributed by atoms with Crippen LogP contribution in [-0.4, -0.2) is 52.2 Å². The summed E-state index contributed by atoms with van der Waals surface area (Å²) >= 11 is 0. The molecule has 2 saturated heterocycles. The Morgan fingerprint density at radius 3 is 2.68 bits per heavy atom. The first-order chi connectivity index (χ1) is 10.3. The van der Waals surface area contributed by atoms with Crippen molar-refractivity contribution in [2.45, 2.75) is 43.9 Å². The highest BCUT2D eigenvalue weighted by atomic mass is 16.8. The third-order valence-electron chi connectivity index (χ3n) is 3.86. The molecule has 4 atom stereocenters. The van der Waals surface area contributed by atoms with Gasteiger partial charge in [-0.1, -0.05) is 0 Å². The van der Waals surface area contributed by atoms with Crippen molar-refractivity contribution >= 4 is 0 Å². The summed E-state index contributed by atoms with van der Waals surface area (Å²) in [5.41, 5.74) is -1.16. The van der Waals surface area contributed by atoms with Crippen molar-refractivity contribution in [1.29, 1.82) is 0 Å². The van der Waals surface area contributed by atoms with Crippen LogP contribution in [-0.2, 0) is 18.9 Å². The van der Waals surface area contributed by atoms with Crippen LogP contribution in [0, 0.1) is 0 Å². The zero-order chi connectivity index (χ0) is 16.1. The van der Waals surface area contributed by atoms with Crippen molar-refractivity contribution in [3.8, 4) is 0 Å². The molecule has 9 heteroatoms. The van der Waals surface area contributed by atoms with E-state index in [0.29, 0.717) is 0 Å². The lowest BCUT2D eigenvalue weighted by Crippen LogP contribution is -2.48. The summed E-state index contributed by atoms with van der Waals surface area (Å²) in [6.07, 6.45) is -0.990. The van der Waals surface area contributed by atoms with Crippen LogP contribution < -0.4 is 11.2 Å². The predicted molar refractivity (Wildman–Crippen MR) is 72.1 cm³/mol. The van der Waals surface area contributed by atoms with E-state index < -0.39 is 47.9 Å². The van der Waals surface area contributed by atoms with Gasteiger partial charge in [0.15, 0.2) is 12.0 Å². The number of nitrogens with one attached hydrogen (secondary N) is 1. The Labute approximate surface area is 125 Å². The molecule has 0 saturated carbocycles. The largest absolute Gasteiger partial charge is 0.391 e. The fourth-order valence-corrected chi connectivity index (χ4v) is 2.88. The van der Waals surface area contributed by atoms with Gasteiger partial charge in [0, 0.05) is 19.4 Å². The molecular formula is C13H18N2O7. The highest BCUT2D eigenvalue weighted by molar-refractivity contribution is 5.02. The third-order valence-corrected chi connectivity index (χ3v) is 3.86. The van der Waals surface area contributed by atoms with E-state index in [2.05, 4.69) is 4.98 Å². The highest BCUT2D eigenvalue weighted by Gasteiger charge is 2.64. The van der Waals surface area contributed by atoms with E-state index in [-0.39, 0.29) is 0 Å². The second-order valence-corrected chi connectivity index (χ2v) is 5.72. The Kier molecular flexibility index (Phi) is 3.49. The van der Waals surface area contributed by atoms with E-state index in [0.717, 1.165) is 0 Å². The topological polar surface area (TPSA) is 112 Å². The zero-order valence-electron chi connectivity index (χ0n) is 12.4. The van der Waals surface area contributed by atoms with Gasteiger partial charge < -0.3 is 24.1 Å². The van der Waals surface area contributed by atoms with Gasteiger partial charge >= 0.3 is 5.69 Å². The number of aromatic amines is 1. The maximum absolute atomic E-state index is 12.0. The lowest BCUT2D eigenvalue weighted by Gasteiger charge is -2.31. The van der Waals surface area contributed by atoms with Crippen molar-refractivity contribution < 1.29 is 24.1 Å². The van der Waals surface area contributed by atoms with Crippen LogP contribution in [0.4, 0.5) is 0 Å². The number of ether oxygens (including phenoxy) is 4. The van der Waals surface area contributed by atoms with Crippen molar-refractivity contribution in [2.75, 3.05) is 13.7 Å². The quantitative estimate of drug-likeness (QED) is 0.730. The Hall–Kier alpha value is -1.52. The number of H-pyrrole nitrogens is 1. The molecule has 2 aliphatic rings. The third kappa shape index (κ3) is 2.22. The molecule has 2 N–H and O–H groups in total. The maximum atomic E-state index is 12.0. The second-order valence-electron chi connectivity index (χ2n) is 5.72. The summed E-state index contributed by atoms with van der Waals surface area (Å²) in [6.45, 7) is 2.96. The molecule has 0 aliphatic carbocycles. The molecule has 122 valence electrons. The molecule has 3 heterocycles. The Morgan fingerprint density at radius 1 is 1.36 bits per heavy atom. The number of nitrogens with zero attached hydrogens (tertiary/aromatic N) is 1. The van der Waals surface area contributed by atoms with Gasteiger partial charge in [-0.25, -0.2) is 4.79 Å². The average Bonchev–Trinajstić information content (AvgIpc) is 2.91. The van der Waals surface area contributed by atoms with E-state index in [9.17, 15) is 14.7 Å². The van der Waals surface area contributed by atoms with Crippen LogP contribution in [0.15, 0.2) is 21.9 Å². The van der Waals surface area contributed by atoms with Crippen molar-refractivity contribution in [3.63, 3.8) is 0 Å². The number of hydrogen-bond acceptors (Lipinski definition) is 7. The summed E-state index contributed by atoms with van der Waals surface area (Å²) in [4.78, 5) is 25.3. The van der Waals surface area contributed by atoms with E-state index in [1.54, 1.807) is 13.8 Å². The summed E-state index contributed by atoms with van der Waals surface area (Å²) in [5, 5.41) is 9.68. The van der Waals surface area contributed by atoms with E-state index in [1.807, 2.05) is 0 Å². The normalized spacial score (nSPS) is 36.5. The number of hydrogen-bond donors (Lipinski definition) is 2. The molecular weight excluding hydrogens is 296 g/mol. The van der Waals surface area contributed by atoms with Crippen LogP contribution in [0.1, 0.15) is 20.1 Å². The Morgan fingerprint density at radius 2 is 2.09 bits per heavy atom. The van der Waals surface area contributed by atoms with Gasteiger partial charge in [0.25, 0.3) is 5.56 Å². The molecule has 0 spiro atoms. The van der Waals surface area contributed by atoms with E-state index >= 15 is 0 Å². The van der Waals surface area contributed by atoms with Gasteiger partial charge in [0.05, 0.1) is 0 Å². The molecule has 2 aliphatic heterocycles. The zero-order valence-corrected chi connectivity index (χ0v) is 12.4. The van der Waals surface area contributed by atoms with E-state index in [1.165, 1.54) is 23.9 Å². The smallest absolute Gasteiger partial charge is 0.330 e. The van der Waals surface area contributed by atoms with Gasteiger partial charge in [-0.15, -0.1) is 0 Å². The summed E-state index contributed by atoms with van der Waals surface area (Å²) in [7, 11) is 1.37. The van der Waals surface area contributed by atoms with Crippen LogP contribution in [0.3, 0.4) is 0 Å². The van der Waals surface area contributed by atoms with Crippen molar-refractivity contribution in [1.82, 2.24) is 9.55 Å². The molecule has 0 unspecified atom stereocenters. The number of aliphatic hydroxyl groups is 1. The molecule has 2 fully saturated rings. The minimum atomic E-state index is -1.45. The molecule has 0 bridgehead atoms. The lowest BCUT2D eigenvalue weighted by atomic mass is 10.1. The summed E-state index contributed by atoms with van der Waals surface area (Å²) in [5.74, 6) is -2.36. The number of aromatic nitrogens is 2. The minimum Gasteiger partial charge on any atom is -0.391 e.